The molecule has 0 bridgehead atoms. The van der Waals surface area contributed by atoms with E-state index in [0.717, 1.165) is 31.2 Å². The third kappa shape index (κ3) is 3.33. The molecule has 0 aromatic heterocycles. The van der Waals surface area contributed by atoms with Gasteiger partial charge in [-0.05, 0) is 43.4 Å². The number of esters is 1. The van der Waals surface area contributed by atoms with Gasteiger partial charge in [-0.25, -0.2) is 4.79 Å². The average molecular weight is 243 g/mol. The molecule has 3 nitrogen and oxygen atoms in total. The van der Waals surface area contributed by atoms with Crippen molar-refractivity contribution in [1.82, 2.24) is 0 Å². The van der Waals surface area contributed by atoms with Gasteiger partial charge in [-0.1, -0.05) is 18.6 Å². The molecular weight excluding hydrogens is 226 g/mol. The van der Waals surface area contributed by atoms with Gasteiger partial charge in [-0.2, -0.15) is 5.26 Å². The maximum absolute atomic E-state index is 12.0. The lowest BCUT2D eigenvalue weighted by atomic mass is 9.98. The average Bonchev–Trinajstić information content (AvgIpc) is 2.40. The lowest BCUT2D eigenvalue weighted by Gasteiger charge is -2.21. The number of hydrogen-bond acceptors (Lipinski definition) is 3. The topological polar surface area (TPSA) is 50.1 Å². The SMILES string of the molecule is N#CCc1cccc(C(=O)OC2CCCCC2)c1. The highest BCUT2D eigenvalue weighted by molar-refractivity contribution is 5.89. The van der Waals surface area contributed by atoms with Crippen LogP contribution in [0.1, 0.15) is 48.0 Å². The molecule has 1 aliphatic rings. The summed E-state index contributed by atoms with van der Waals surface area (Å²) in [7, 11) is 0. The number of hydrogen-bond donors (Lipinski definition) is 0. The number of nitriles is 1. The Bertz CT molecular complexity index is 456. The normalized spacial score (nSPS) is 15.9. The minimum absolute atomic E-state index is 0.0749. The van der Waals surface area contributed by atoms with Crippen LogP contribution in [0.25, 0.3) is 0 Å². The summed E-state index contributed by atoms with van der Waals surface area (Å²) >= 11 is 0. The van der Waals surface area contributed by atoms with Crippen molar-refractivity contribution in [2.75, 3.05) is 0 Å². The summed E-state index contributed by atoms with van der Waals surface area (Å²) in [5, 5.41) is 8.64. The molecule has 1 saturated carbocycles. The zero-order valence-corrected chi connectivity index (χ0v) is 10.4. The van der Waals surface area contributed by atoms with Gasteiger partial charge in [0.25, 0.3) is 0 Å². The van der Waals surface area contributed by atoms with Crippen LogP contribution >= 0.6 is 0 Å². The highest BCUT2D eigenvalue weighted by atomic mass is 16.5. The van der Waals surface area contributed by atoms with Crippen LogP contribution < -0.4 is 0 Å². The molecule has 18 heavy (non-hydrogen) atoms. The summed E-state index contributed by atoms with van der Waals surface area (Å²) in [6.07, 6.45) is 5.88. The molecule has 0 radical (unpaired) electrons. The third-order valence-corrected chi connectivity index (χ3v) is 3.27. The van der Waals surface area contributed by atoms with E-state index in [4.69, 9.17) is 10.00 Å². The molecular formula is C15H17NO2. The Morgan fingerprint density at radius 1 is 1.33 bits per heavy atom. The Morgan fingerprint density at radius 2 is 2.11 bits per heavy atom. The third-order valence-electron chi connectivity index (χ3n) is 3.27. The summed E-state index contributed by atoms with van der Waals surface area (Å²) in [4.78, 5) is 12.0. The quantitative estimate of drug-likeness (QED) is 0.766. The largest absolute Gasteiger partial charge is 0.459 e. The van der Waals surface area contributed by atoms with Crippen LogP contribution in [0, 0.1) is 11.3 Å². The summed E-state index contributed by atoms with van der Waals surface area (Å²) in [6.45, 7) is 0. The van der Waals surface area contributed by atoms with Gasteiger partial charge in [-0.3, -0.25) is 0 Å². The highest BCUT2D eigenvalue weighted by Crippen LogP contribution is 2.21. The second-order valence-corrected chi connectivity index (χ2v) is 4.70. The predicted molar refractivity (Wildman–Crippen MR) is 68.0 cm³/mol. The second kappa shape index (κ2) is 6.20. The van der Waals surface area contributed by atoms with Crippen LogP contribution in [0.2, 0.25) is 0 Å². The molecule has 0 spiro atoms. The Balaban J connectivity index is 1.99. The van der Waals surface area contributed by atoms with E-state index in [0.29, 0.717) is 12.0 Å². The number of carbonyl (C=O) groups is 1. The Labute approximate surface area is 107 Å². The van der Waals surface area contributed by atoms with Crippen molar-refractivity contribution in [2.24, 2.45) is 0 Å². The minimum Gasteiger partial charge on any atom is -0.459 e. The summed E-state index contributed by atoms with van der Waals surface area (Å²) in [5.74, 6) is -0.262. The van der Waals surface area contributed by atoms with Gasteiger partial charge in [-0.15, -0.1) is 0 Å². The van der Waals surface area contributed by atoms with Crippen LogP contribution in [0.15, 0.2) is 24.3 Å². The van der Waals surface area contributed by atoms with Gasteiger partial charge in [0.2, 0.25) is 0 Å². The van der Waals surface area contributed by atoms with Crippen molar-refractivity contribution in [3.63, 3.8) is 0 Å². The number of nitrogens with zero attached hydrogens (tertiary/aromatic N) is 1. The first-order valence-electron chi connectivity index (χ1n) is 6.46. The number of rotatable bonds is 3. The highest BCUT2D eigenvalue weighted by Gasteiger charge is 2.18. The van der Waals surface area contributed by atoms with Gasteiger partial charge in [0, 0.05) is 0 Å². The van der Waals surface area contributed by atoms with Gasteiger partial charge >= 0.3 is 5.97 Å². The van der Waals surface area contributed by atoms with E-state index >= 15 is 0 Å². The van der Waals surface area contributed by atoms with E-state index in [-0.39, 0.29) is 12.1 Å². The van der Waals surface area contributed by atoms with E-state index in [2.05, 4.69) is 6.07 Å². The number of carbonyl (C=O) groups excluding carboxylic acids is 1. The first-order valence-corrected chi connectivity index (χ1v) is 6.46. The zero-order chi connectivity index (χ0) is 12.8. The van der Waals surface area contributed by atoms with Gasteiger partial charge in [0.05, 0.1) is 18.1 Å². The monoisotopic (exact) mass is 243 g/mol. The molecule has 1 aromatic rings. The molecule has 0 heterocycles. The molecule has 0 atom stereocenters. The molecule has 0 aliphatic heterocycles. The lowest BCUT2D eigenvalue weighted by Crippen LogP contribution is -2.20. The molecule has 0 amide bonds. The molecule has 3 heteroatoms. The fourth-order valence-corrected chi connectivity index (χ4v) is 2.30. The molecule has 0 saturated heterocycles. The van der Waals surface area contributed by atoms with Crippen LogP contribution in [-0.4, -0.2) is 12.1 Å². The van der Waals surface area contributed by atoms with Gasteiger partial charge in [0.15, 0.2) is 0 Å². The van der Waals surface area contributed by atoms with Crippen molar-refractivity contribution in [3.05, 3.63) is 35.4 Å². The van der Waals surface area contributed by atoms with Crippen LogP contribution in [-0.2, 0) is 11.2 Å². The molecule has 1 aromatic carbocycles. The van der Waals surface area contributed by atoms with E-state index in [1.54, 1.807) is 18.2 Å². The van der Waals surface area contributed by atoms with E-state index in [1.165, 1.54) is 6.42 Å². The van der Waals surface area contributed by atoms with Gasteiger partial charge < -0.3 is 4.74 Å². The molecule has 0 N–H and O–H groups in total. The van der Waals surface area contributed by atoms with Crippen molar-refractivity contribution >= 4 is 5.97 Å². The van der Waals surface area contributed by atoms with Gasteiger partial charge in [0.1, 0.15) is 6.10 Å². The van der Waals surface area contributed by atoms with E-state index < -0.39 is 0 Å². The van der Waals surface area contributed by atoms with Crippen LogP contribution in [0.3, 0.4) is 0 Å². The van der Waals surface area contributed by atoms with E-state index in [9.17, 15) is 4.79 Å². The predicted octanol–water partition coefficient (Wildman–Crippen LogP) is 3.24. The first kappa shape index (κ1) is 12.6. The number of ether oxygens (including phenoxy) is 1. The fourth-order valence-electron chi connectivity index (χ4n) is 2.30. The lowest BCUT2D eigenvalue weighted by molar-refractivity contribution is 0.0211. The Kier molecular flexibility index (Phi) is 4.35. The minimum atomic E-state index is -0.262. The van der Waals surface area contributed by atoms with Crippen molar-refractivity contribution in [2.45, 2.75) is 44.6 Å². The molecule has 1 aliphatic carbocycles. The summed E-state index contributed by atoms with van der Waals surface area (Å²) in [5.41, 5.74) is 1.41. The molecule has 0 unspecified atom stereocenters. The standard InChI is InChI=1S/C15H17NO2/c16-10-9-12-5-4-6-13(11-12)15(17)18-14-7-2-1-3-8-14/h4-6,11,14H,1-3,7-9H2. The Hall–Kier alpha value is -1.82. The van der Waals surface area contributed by atoms with Crippen molar-refractivity contribution in [3.8, 4) is 6.07 Å². The maximum atomic E-state index is 12.0. The first-order chi connectivity index (χ1) is 8.79. The smallest absolute Gasteiger partial charge is 0.338 e. The fraction of sp³-hybridized carbons (Fsp3) is 0.467. The van der Waals surface area contributed by atoms with Crippen LogP contribution in [0.5, 0.6) is 0 Å². The Morgan fingerprint density at radius 3 is 2.83 bits per heavy atom. The summed E-state index contributed by atoms with van der Waals surface area (Å²) in [6, 6.07) is 9.21. The molecule has 1 fully saturated rings. The van der Waals surface area contributed by atoms with Crippen molar-refractivity contribution < 1.29 is 9.53 Å². The van der Waals surface area contributed by atoms with Crippen LogP contribution in [0.4, 0.5) is 0 Å². The zero-order valence-electron chi connectivity index (χ0n) is 10.4. The molecule has 94 valence electrons. The summed E-state index contributed by atoms with van der Waals surface area (Å²) < 4.78 is 5.49. The number of benzene rings is 1. The van der Waals surface area contributed by atoms with Crippen molar-refractivity contribution in [1.29, 1.82) is 5.26 Å². The second-order valence-electron chi connectivity index (χ2n) is 4.70. The van der Waals surface area contributed by atoms with E-state index in [1.807, 2.05) is 6.07 Å². The molecule has 2 rings (SSSR count). The maximum Gasteiger partial charge on any atom is 0.338 e.